The molecular weight excluding hydrogens is 425 g/mol. The minimum absolute atomic E-state index is 0.0217. The largest absolute Gasteiger partial charge is 0.489 e. The molecule has 0 atom stereocenters. The van der Waals surface area contributed by atoms with Crippen molar-refractivity contribution < 1.29 is 13.9 Å². The van der Waals surface area contributed by atoms with E-state index in [-0.39, 0.29) is 12.5 Å². The van der Waals surface area contributed by atoms with Crippen LogP contribution in [0.1, 0.15) is 22.5 Å². The van der Waals surface area contributed by atoms with Gasteiger partial charge in [-0.05, 0) is 49.0 Å². The summed E-state index contributed by atoms with van der Waals surface area (Å²) in [5.41, 5.74) is 1.05. The summed E-state index contributed by atoms with van der Waals surface area (Å²) in [6.07, 6.45) is 2.03. The minimum atomic E-state index is -0.480. The number of ether oxygens (including phenoxy) is 1. The maximum absolute atomic E-state index is 12.5. The molecule has 1 aromatic heterocycles. The SMILES string of the molecule is O=C(NCCCCN1CCN(c2ccccc2OCCF)CC1)c1cc2ccccc2s1. The Labute approximate surface area is 192 Å². The molecule has 0 saturated carbocycles. The van der Waals surface area contributed by atoms with Crippen molar-refractivity contribution in [2.75, 3.05) is 57.4 Å². The lowest BCUT2D eigenvalue weighted by Gasteiger charge is -2.36. The van der Waals surface area contributed by atoms with Crippen LogP contribution in [0.5, 0.6) is 5.75 Å². The highest BCUT2D eigenvalue weighted by Gasteiger charge is 2.19. The van der Waals surface area contributed by atoms with Crippen LogP contribution in [0.25, 0.3) is 10.1 Å². The van der Waals surface area contributed by atoms with E-state index in [1.54, 1.807) is 11.3 Å². The van der Waals surface area contributed by atoms with Gasteiger partial charge >= 0.3 is 0 Å². The summed E-state index contributed by atoms with van der Waals surface area (Å²) < 4.78 is 19.2. The van der Waals surface area contributed by atoms with Gasteiger partial charge in [0.05, 0.1) is 10.6 Å². The van der Waals surface area contributed by atoms with Gasteiger partial charge < -0.3 is 15.0 Å². The number of para-hydroxylation sites is 2. The average molecular weight is 456 g/mol. The van der Waals surface area contributed by atoms with E-state index in [9.17, 15) is 9.18 Å². The fourth-order valence-electron chi connectivity index (χ4n) is 4.04. The van der Waals surface area contributed by atoms with Gasteiger partial charge in [-0.25, -0.2) is 4.39 Å². The van der Waals surface area contributed by atoms with Crippen LogP contribution in [0.15, 0.2) is 54.6 Å². The van der Waals surface area contributed by atoms with E-state index in [0.717, 1.165) is 72.0 Å². The summed E-state index contributed by atoms with van der Waals surface area (Å²) in [7, 11) is 0. The Kier molecular flexibility index (Phi) is 7.96. The maximum atomic E-state index is 12.5. The average Bonchev–Trinajstić information content (AvgIpc) is 3.28. The van der Waals surface area contributed by atoms with E-state index >= 15 is 0 Å². The van der Waals surface area contributed by atoms with Gasteiger partial charge in [-0.1, -0.05) is 30.3 Å². The van der Waals surface area contributed by atoms with E-state index in [2.05, 4.69) is 15.1 Å². The van der Waals surface area contributed by atoms with E-state index < -0.39 is 6.67 Å². The second-order valence-electron chi connectivity index (χ2n) is 7.95. The molecule has 1 amide bonds. The van der Waals surface area contributed by atoms with Crippen LogP contribution in [-0.2, 0) is 0 Å². The van der Waals surface area contributed by atoms with Crippen LogP contribution in [-0.4, -0.2) is 63.4 Å². The minimum Gasteiger partial charge on any atom is -0.489 e. The highest BCUT2D eigenvalue weighted by molar-refractivity contribution is 7.20. The number of anilines is 1. The molecular formula is C25H30FN3O2S. The predicted molar refractivity (Wildman–Crippen MR) is 130 cm³/mol. The molecule has 0 unspecified atom stereocenters. The van der Waals surface area contributed by atoms with Crippen molar-refractivity contribution in [2.45, 2.75) is 12.8 Å². The fourth-order valence-corrected chi connectivity index (χ4v) is 5.02. The molecule has 0 bridgehead atoms. The third-order valence-corrected chi connectivity index (χ3v) is 6.86. The first-order chi connectivity index (χ1) is 15.7. The van der Waals surface area contributed by atoms with Crippen molar-refractivity contribution in [3.8, 4) is 5.75 Å². The smallest absolute Gasteiger partial charge is 0.261 e. The van der Waals surface area contributed by atoms with Gasteiger partial charge in [-0.2, -0.15) is 0 Å². The van der Waals surface area contributed by atoms with E-state index in [1.807, 2.05) is 54.6 Å². The maximum Gasteiger partial charge on any atom is 0.261 e. The summed E-state index contributed by atoms with van der Waals surface area (Å²) in [5.74, 6) is 0.779. The Morgan fingerprint density at radius 3 is 2.62 bits per heavy atom. The van der Waals surface area contributed by atoms with Crippen molar-refractivity contribution >= 4 is 33.0 Å². The van der Waals surface area contributed by atoms with Crippen molar-refractivity contribution in [2.24, 2.45) is 0 Å². The van der Waals surface area contributed by atoms with E-state index in [0.29, 0.717) is 6.54 Å². The van der Waals surface area contributed by atoms with Gasteiger partial charge in [0.1, 0.15) is 19.0 Å². The molecule has 5 nitrogen and oxygen atoms in total. The van der Waals surface area contributed by atoms with Gasteiger partial charge in [0.2, 0.25) is 0 Å². The number of hydrogen-bond acceptors (Lipinski definition) is 5. The number of carbonyl (C=O) groups excluding carboxylic acids is 1. The highest BCUT2D eigenvalue weighted by Crippen LogP contribution is 2.29. The molecule has 1 fully saturated rings. The van der Waals surface area contributed by atoms with Crippen molar-refractivity contribution in [1.82, 2.24) is 10.2 Å². The van der Waals surface area contributed by atoms with Crippen LogP contribution in [0.2, 0.25) is 0 Å². The molecule has 3 aromatic rings. The van der Waals surface area contributed by atoms with Crippen LogP contribution in [0.3, 0.4) is 0 Å². The molecule has 2 heterocycles. The van der Waals surface area contributed by atoms with Crippen molar-refractivity contribution in [3.05, 3.63) is 59.5 Å². The third kappa shape index (κ3) is 5.78. The standard InChI is InChI=1S/C25H30FN3O2S/c26-11-18-31-22-9-3-2-8-21(22)29-16-14-28(15-17-29)13-6-5-12-27-25(30)24-19-20-7-1-4-10-23(20)32-24/h1-4,7-10,19H,5-6,11-18H2,(H,27,30). The molecule has 1 saturated heterocycles. The Bertz CT molecular complexity index is 984. The second-order valence-corrected chi connectivity index (χ2v) is 9.03. The summed E-state index contributed by atoms with van der Waals surface area (Å²) >= 11 is 1.54. The van der Waals surface area contributed by atoms with Gasteiger partial charge in [-0.15, -0.1) is 11.3 Å². The molecule has 32 heavy (non-hydrogen) atoms. The number of rotatable bonds is 10. The number of fused-ring (bicyclic) bond motifs is 1. The van der Waals surface area contributed by atoms with E-state index in [1.165, 1.54) is 0 Å². The second kappa shape index (κ2) is 11.3. The van der Waals surface area contributed by atoms with E-state index in [4.69, 9.17) is 4.74 Å². The number of thiophene rings is 1. The zero-order valence-corrected chi connectivity index (χ0v) is 19.1. The summed E-state index contributed by atoms with van der Waals surface area (Å²) in [5, 5.41) is 4.18. The topological polar surface area (TPSA) is 44.8 Å². The Morgan fingerprint density at radius 2 is 1.81 bits per heavy atom. The molecule has 1 aliphatic rings. The van der Waals surface area contributed by atoms with Gasteiger partial charge in [0.25, 0.3) is 5.91 Å². The Balaban J connectivity index is 1.15. The normalized spacial score (nSPS) is 14.6. The monoisotopic (exact) mass is 455 g/mol. The van der Waals surface area contributed by atoms with Crippen LogP contribution >= 0.6 is 11.3 Å². The zero-order valence-electron chi connectivity index (χ0n) is 18.3. The molecule has 1 aliphatic heterocycles. The van der Waals surface area contributed by atoms with Crippen LogP contribution in [0, 0.1) is 0 Å². The number of alkyl halides is 1. The number of amides is 1. The number of unbranched alkanes of at least 4 members (excludes halogenated alkanes) is 1. The first-order valence-corrected chi connectivity index (χ1v) is 12.1. The number of benzene rings is 2. The van der Waals surface area contributed by atoms with Crippen molar-refractivity contribution in [1.29, 1.82) is 0 Å². The number of nitrogens with one attached hydrogen (secondary N) is 1. The van der Waals surface area contributed by atoms with Crippen LogP contribution < -0.4 is 15.0 Å². The molecule has 0 spiro atoms. The molecule has 4 rings (SSSR count). The molecule has 0 radical (unpaired) electrons. The Morgan fingerprint density at radius 1 is 1.03 bits per heavy atom. The quantitative estimate of drug-likeness (QED) is 0.455. The van der Waals surface area contributed by atoms with Crippen LogP contribution in [0.4, 0.5) is 10.1 Å². The molecule has 170 valence electrons. The number of carbonyl (C=O) groups is 1. The lowest BCUT2D eigenvalue weighted by molar-refractivity contribution is 0.0956. The van der Waals surface area contributed by atoms with Gasteiger partial charge in [-0.3, -0.25) is 9.69 Å². The number of halogens is 1. The third-order valence-electron chi connectivity index (χ3n) is 5.75. The molecule has 2 aromatic carbocycles. The van der Waals surface area contributed by atoms with Crippen molar-refractivity contribution in [3.63, 3.8) is 0 Å². The number of piperazine rings is 1. The molecule has 7 heteroatoms. The van der Waals surface area contributed by atoms with Gasteiger partial charge in [0.15, 0.2) is 0 Å². The summed E-state index contributed by atoms with van der Waals surface area (Å²) in [6, 6.07) is 17.9. The lowest BCUT2D eigenvalue weighted by Crippen LogP contribution is -2.46. The number of nitrogens with zero attached hydrogens (tertiary/aromatic N) is 2. The number of hydrogen-bond donors (Lipinski definition) is 1. The zero-order chi connectivity index (χ0) is 22.2. The predicted octanol–water partition coefficient (Wildman–Crippen LogP) is 4.58. The summed E-state index contributed by atoms with van der Waals surface area (Å²) in [4.78, 5) is 18.0. The first-order valence-electron chi connectivity index (χ1n) is 11.3. The lowest BCUT2D eigenvalue weighted by atomic mass is 10.2. The molecule has 0 aliphatic carbocycles. The van der Waals surface area contributed by atoms with Gasteiger partial charge in [0, 0.05) is 37.4 Å². The molecule has 1 N–H and O–H groups in total. The fraction of sp³-hybridized carbons (Fsp3) is 0.400. The highest BCUT2D eigenvalue weighted by atomic mass is 32.1. The Hall–Kier alpha value is -2.64. The summed E-state index contributed by atoms with van der Waals surface area (Å²) in [6.45, 7) is 5.19. The first kappa shape index (κ1) is 22.6.